The van der Waals surface area contributed by atoms with Gasteiger partial charge in [0.05, 0.1) is 41.6 Å². The van der Waals surface area contributed by atoms with Gasteiger partial charge in [-0.05, 0) is 41.5 Å². The molecule has 0 unspecified atom stereocenters. The number of morpholine rings is 1. The van der Waals surface area contributed by atoms with Crippen molar-refractivity contribution in [3.05, 3.63) is 35.2 Å². The predicted molar refractivity (Wildman–Crippen MR) is 82.0 cm³/mol. The molecular weight excluding hydrogens is 349 g/mol. The Morgan fingerprint density at radius 1 is 1.23 bits per heavy atom. The number of hydrogen-bond acceptors (Lipinski definition) is 6. The van der Waals surface area contributed by atoms with Gasteiger partial charge in [-0.3, -0.25) is 4.90 Å². The molecule has 2 atom stereocenters. The third-order valence-corrected chi connectivity index (χ3v) is 4.69. The first-order valence-corrected chi connectivity index (χ1v) is 8.21. The lowest BCUT2D eigenvalue weighted by Crippen LogP contribution is -2.42. The van der Waals surface area contributed by atoms with Crippen molar-refractivity contribution in [1.29, 1.82) is 5.26 Å². The normalized spacial score (nSPS) is 23.2. The van der Waals surface area contributed by atoms with Crippen LogP contribution in [-0.2, 0) is 17.5 Å². The summed E-state index contributed by atoms with van der Waals surface area (Å²) in [5, 5.41) is 20.3. The Bertz CT molecular complexity index is 846. The maximum atomic E-state index is 13.2. The summed E-state index contributed by atoms with van der Waals surface area (Å²) in [6.45, 7) is 1.93. The van der Waals surface area contributed by atoms with Gasteiger partial charge >= 0.3 is 6.18 Å². The van der Waals surface area contributed by atoms with Gasteiger partial charge in [0.1, 0.15) is 0 Å². The standard InChI is InChI=1S/C16H15F3N6O/c17-16(18,19)14-5-11(2-1-10(14)6-20)25-15(21-22-23-25)9-24-7-12-3-4-13(8-24)26-12/h1-2,5,12-13H,3-4,7-9H2/t12-,13+. The monoisotopic (exact) mass is 364 g/mol. The zero-order valence-corrected chi connectivity index (χ0v) is 13.6. The molecule has 2 aromatic rings. The van der Waals surface area contributed by atoms with E-state index in [1.165, 1.54) is 10.7 Å². The number of fused-ring (bicyclic) bond motifs is 2. The van der Waals surface area contributed by atoms with Crippen LogP contribution in [0.4, 0.5) is 13.2 Å². The van der Waals surface area contributed by atoms with Crippen molar-refractivity contribution in [1.82, 2.24) is 25.1 Å². The smallest absolute Gasteiger partial charge is 0.372 e. The molecule has 10 heteroatoms. The third-order valence-electron chi connectivity index (χ3n) is 4.69. The number of alkyl halides is 3. The second kappa shape index (κ2) is 6.34. The second-order valence-corrected chi connectivity index (χ2v) is 6.50. The summed E-state index contributed by atoms with van der Waals surface area (Å²) < 4.78 is 46.6. The zero-order valence-electron chi connectivity index (χ0n) is 13.6. The summed E-state index contributed by atoms with van der Waals surface area (Å²) >= 11 is 0. The lowest BCUT2D eigenvalue weighted by atomic mass is 10.1. The van der Waals surface area contributed by atoms with E-state index in [1.807, 2.05) is 0 Å². The van der Waals surface area contributed by atoms with Crippen molar-refractivity contribution in [3.8, 4) is 11.8 Å². The van der Waals surface area contributed by atoms with Gasteiger partial charge in [-0.1, -0.05) is 0 Å². The predicted octanol–water partition coefficient (Wildman–Crippen LogP) is 1.92. The first-order valence-electron chi connectivity index (χ1n) is 8.21. The number of ether oxygens (including phenoxy) is 1. The van der Waals surface area contributed by atoms with E-state index in [2.05, 4.69) is 20.4 Å². The molecule has 7 nitrogen and oxygen atoms in total. The Balaban J connectivity index is 1.62. The molecule has 0 amide bonds. The molecule has 2 bridgehead atoms. The van der Waals surface area contributed by atoms with Gasteiger partial charge in [-0.25, -0.2) is 0 Å². The lowest BCUT2D eigenvalue weighted by molar-refractivity contribution is -0.137. The van der Waals surface area contributed by atoms with E-state index in [1.54, 1.807) is 6.07 Å². The number of nitriles is 1. The van der Waals surface area contributed by atoms with E-state index in [4.69, 9.17) is 10.00 Å². The Morgan fingerprint density at radius 3 is 2.62 bits per heavy atom. The molecule has 0 saturated carbocycles. The number of rotatable bonds is 3. The highest BCUT2D eigenvalue weighted by molar-refractivity contribution is 5.47. The lowest BCUT2D eigenvalue weighted by Gasteiger charge is -2.31. The molecule has 2 fully saturated rings. The number of benzene rings is 1. The third kappa shape index (κ3) is 3.15. The van der Waals surface area contributed by atoms with Crippen molar-refractivity contribution in [2.45, 2.75) is 37.8 Å². The number of nitrogens with zero attached hydrogens (tertiary/aromatic N) is 6. The number of hydrogen-bond donors (Lipinski definition) is 0. The van der Waals surface area contributed by atoms with Crippen LogP contribution in [0.2, 0.25) is 0 Å². The molecule has 26 heavy (non-hydrogen) atoms. The first-order chi connectivity index (χ1) is 12.4. The fraction of sp³-hybridized carbons (Fsp3) is 0.500. The molecule has 2 aliphatic heterocycles. The van der Waals surface area contributed by atoms with Crippen molar-refractivity contribution < 1.29 is 17.9 Å². The first kappa shape index (κ1) is 16.9. The molecule has 4 rings (SSSR count). The second-order valence-electron chi connectivity index (χ2n) is 6.50. The molecule has 2 aliphatic rings. The van der Waals surface area contributed by atoms with Crippen LogP contribution in [0.3, 0.4) is 0 Å². The molecule has 0 spiro atoms. The van der Waals surface area contributed by atoms with Gasteiger partial charge in [-0.2, -0.15) is 23.1 Å². The van der Waals surface area contributed by atoms with Crippen LogP contribution in [0, 0.1) is 11.3 Å². The Morgan fingerprint density at radius 2 is 1.96 bits per heavy atom. The van der Waals surface area contributed by atoms with E-state index < -0.39 is 17.3 Å². The average Bonchev–Trinajstić information content (AvgIpc) is 3.19. The van der Waals surface area contributed by atoms with E-state index in [0.29, 0.717) is 12.4 Å². The van der Waals surface area contributed by atoms with Crippen LogP contribution in [-0.4, -0.2) is 50.4 Å². The van der Waals surface area contributed by atoms with Crippen molar-refractivity contribution in [2.24, 2.45) is 0 Å². The SMILES string of the molecule is N#Cc1ccc(-n2nnnc2CN2C[C@H]3CC[C@@H](C2)O3)cc1C(F)(F)F. The number of likely N-dealkylation sites (tertiary alicyclic amines) is 1. The minimum absolute atomic E-state index is 0.174. The van der Waals surface area contributed by atoms with Gasteiger partial charge in [0, 0.05) is 13.1 Å². The summed E-state index contributed by atoms with van der Waals surface area (Å²) in [6.07, 6.45) is -2.18. The van der Waals surface area contributed by atoms with Crippen molar-refractivity contribution in [2.75, 3.05) is 13.1 Å². The van der Waals surface area contributed by atoms with Gasteiger partial charge in [0.15, 0.2) is 5.82 Å². The van der Waals surface area contributed by atoms with Gasteiger partial charge in [0.25, 0.3) is 0 Å². The molecular formula is C16H15F3N6O. The molecule has 1 aromatic heterocycles. The molecule has 0 radical (unpaired) electrons. The largest absolute Gasteiger partial charge is 0.417 e. The molecule has 1 aromatic carbocycles. The van der Waals surface area contributed by atoms with Crippen LogP contribution >= 0.6 is 0 Å². The Labute approximate surface area is 147 Å². The van der Waals surface area contributed by atoms with E-state index >= 15 is 0 Å². The quantitative estimate of drug-likeness (QED) is 0.828. The molecule has 0 N–H and O–H groups in total. The summed E-state index contributed by atoms with van der Waals surface area (Å²) in [7, 11) is 0. The van der Waals surface area contributed by atoms with Crippen LogP contribution in [0.5, 0.6) is 0 Å². The van der Waals surface area contributed by atoms with E-state index in [9.17, 15) is 13.2 Å². The Kier molecular flexibility index (Phi) is 4.13. The fourth-order valence-corrected chi connectivity index (χ4v) is 3.53. The summed E-state index contributed by atoms with van der Waals surface area (Å²) in [5.41, 5.74) is -1.25. The minimum Gasteiger partial charge on any atom is -0.372 e. The highest BCUT2D eigenvalue weighted by Crippen LogP contribution is 2.33. The Hall–Kier alpha value is -2.51. The van der Waals surface area contributed by atoms with Gasteiger partial charge < -0.3 is 4.74 Å². The van der Waals surface area contributed by atoms with Gasteiger partial charge in [0.2, 0.25) is 0 Å². The molecule has 2 saturated heterocycles. The molecule has 3 heterocycles. The average molecular weight is 364 g/mol. The molecule has 0 aliphatic carbocycles. The number of aromatic nitrogens is 4. The van der Waals surface area contributed by atoms with Crippen LogP contribution in [0.1, 0.15) is 29.8 Å². The minimum atomic E-state index is -4.63. The number of halogens is 3. The number of tetrazole rings is 1. The van der Waals surface area contributed by atoms with Gasteiger partial charge in [-0.15, -0.1) is 5.10 Å². The fourth-order valence-electron chi connectivity index (χ4n) is 3.53. The van der Waals surface area contributed by atoms with Crippen LogP contribution in [0.25, 0.3) is 5.69 Å². The summed E-state index contributed by atoms with van der Waals surface area (Å²) in [4.78, 5) is 2.16. The summed E-state index contributed by atoms with van der Waals surface area (Å²) in [6, 6.07) is 5.02. The highest BCUT2D eigenvalue weighted by atomic mass is 19.4. The highest BCUT2D eigenvalue weighted by Gasteiger charge is 2.35. The van der Waals surface area contributed by atoms with Crippen LogP contribution < -0.4 is 0 Å². The van der Waals surface area contributed by atoms with Crippen molar-refractivity contribution >= 4 is 0 Å². The molecule has 136 valence electrons. The van der Waals surface area contributed by atoms with E-state index in [0.717, 1.165) is 38.1 Å². The maximum Gasteiger partial charge on any atom is 0.417 e. The zero-order chi connectivity index (χ0) is 18.3. The topological polar surface area (TPSA) is 79.9 Å². The summed E-state index contributed by atoms with van der Waals surface area (Å²) in [5.74, 6) is 0.448. The van der Waals surface area contributed by atoms with Crippen LogP contribution in [0.15, 0.2) is 18.2 Å². The van der Waals surface area contributed by atoms with Crippen molar-refractivity contribution in [3.63, 3.8) is 0 Å². The maximum absolute atomic E-state index is 13.2. The van der Waals surface area contributed by atoms with E-state index in [-0.39, 0.29) is 17.9 Å².